The smallest absolute Gasteiger partial charge is 0.296 e. The van der Waals surface area contributed by atoms with Gasteiger partial charge in [-0.25, -0.2) is 8.78 Å². The number of benzene rings is 1. The van der Waals surface area contributed by atoms with Gasteiger partial charge in [-0.05, 0) is 12.1 Å². The van der Waals surface area contributed by atoms with Gasteiger partial charge in [-0.2, -0.15) is 0 Å². The molecule has 0 fully saturated rings. The van der Waals surface area contributed by atoms with Crippen LogP contribution in [0.15, 0.2) is 18.3 Å². The first kappa shape index (κ1) is 12.4. The lowest BCUT2D eigenvalue weighted by molar-refractivity contribution is -0.114. The fraction of sp³-hybridized carbons (Fsp3) is 0.167. The number of nitrogens with zero attached hydrogens (tertiary/aromatic N) is 4. The normalized spacial score (nSPS) is 14.1. The Morgan fingerprint density at radius 1 is 1.20 bits per heavy atom. The monoisotopic (exact) mass is 278 g/mol. The van der Waals surface area contributed by atoms with Crippen molar-refractivity contribution in [3.63, 3.8) is 0 Å². The number of halogens is 2. The van der Waals surface area contributed by atoms with Crippen LogP contribution >= 0.6 is 0 Å². The van der Waals surface area contributed by atoms with E-state index in [1.54, 1.807) is 7.05 Å². The van der Waals surface area contributed by atoms with E-state index in [2.05, 4.69) is 10.3 Å². The molecule has 1 aliphatic heterocycles. The molecule has 0 bridgehead atoms. The Morgan fingerprint density at radius 2 is 1.90 bits per heavy atom. The minimum atomic E-state index is -1.05. The Morgan fingerprint density at radius 3 is 2.55 bits per heavy atom. The number of hydrogen-bond acceptors (Lipinski definition) is 4. The summed E-state index contributed by atoms with van der Waals surface area (Å²) in [6.45, 7) is -0.147. The molecule has 1 aliphatic rings. The molecule has 1 aromatic carbocycles. The van der Waals surface area contributed by atoms with E-state index in [9.17, 15) is 18.4 Å². The molecular weight excluding hydrogens is 270 g/mol. The zero-order valence-corrected chi connectivity index (χ0v) is 10.3. The summed E-state index contributed by atoms with van der Waals surface area (Å²) in [5, 5.41) is 7.43. The molecule has 0 aliphatic carbocycles. The second kappa shape index (κ2) is 4.19. The van der Waals surface area contributed by atoms with E-state index in [1.165, 1.54) is 10.9 Å². The molecule has 6 nitrogen and oxygen atoms in total. The Hall–Kier alpha value is -2.64. The molecule has 102 valence electrons. The summed E-state index contributed by atoms with van der Waals surface area (Å²) in [6, 6.07) is 1.70. The van der Waals surface area contributed by atoms with Crippen LogP contribution in [0.5, 0.6) is 0 Å². The van der Waals surface area contributed by atoms with Gasteiger partial charge in [0.25, 0.3) is 11.7 Å². The van der Waals surface area contributed by atoms with Gasteiger partial charge in [0.1, 0.15) is 17.3 Å². The fourth-order valence-electron chi connectivity index (χ4n) is 2.13. The van der Waals surface area contributed by atoms with E-state index in [0.29, 0.717) is 5.69 Å². The number of amides is 1. The third kappa shape index (κ3) is 1.68. The van der Waals surface area contributed by atoms with E-state index in [-0.39, 0.29) is 12.2 Å². The van der Waals surface area contributed by atoms with E-state index < -0.39 is 28.9 Å². The molecule has 3 rings (SSSR count). The van der Waals surface area contributed by atoms with Crippen molar-refractivity contribution >= 4 is 17.4 Å². The number of aromatic nitrogens is 3. The van der Waals surface area contributed by atoms with Crippen molar-refractivity contribution in [2.75, 3.05) is 4.90 Å². The lowest BCUT2D eigenvalue weighted by atomic mass is 10.1. The number of Topliss-reactive ketones (excluding diaryl/α,β-unsaturated/α-hetero) is 1. The standard InChI is InChI=1S/C12H8F2N4O2/c1-17-4-6(15-16-17)5-18-10-8(14)3-2-7(13)9(10)11(19)12(18)20/h2-4H,5H2,1H3. The zero-order valence-electron chi connectivity index (χ0n) is 10.3. The Labute approximate surface area is 111 Å². The van der Waals surface area contributed by atoms with Gasteiger partial charge in [0, 0.05) is 13.2 Å². The molecular formula is C12H8F2N4O2. The van der Waals surface area contributed by atoms with Gasteiger partial charge >= 0.3 is 0 Å². The predicted molar refractivity (Wildman–Crippen MR) is 62.9 cm³/mol. The van der Waals surface area contributed by atoms with E-state index >= 15 is 0 Å². The summed E-state index contributed by atoms with van der Waals surface area (Å²) in [4.78, 5) is 24.5. The largest absolute Gasteiger partial charge is 0.300 e. The van der Waals surface area contributed by atoms with Crippen LogP contribution in [0.4, 0.5) is 14.5 Å². The van der Waals surface area contributed by atoms with Gasteiger partial charge in [-0.15, -0.1) is 5.10 Å². The van der Waals surface area contributed by atoms with Crippen LogP contribution in [0.25, 0.3) is 0 Å². The van der Waals surface area contributed by atoms with Crippen LogP contribution in [-0.2, 0) is 18.4 Å². The number of ketones is 1. The van der Waals surface area contributed by atoms with E-state index in [4.69, 9.17) is 0 Å². The number of hydrogen-bond donors (Lipinski definition) is 0. The molecule has 2 heterocycles. The average molecular weight is 278 g/mol. The van der Waals surface area contributed by atoms with Crippen LogP contribution in [-0.4, -0.2) is 26.7 Å². The minimum Gasteiger partial charge on any atom is -0.296 e. The summed E-state index contributed by atoms with van der Waals surface area (Å²) in [6.07, 6.45) is 1.52. The number of anilines is 1. The topological polar surface area (TPSA) is 68.1 Å². The molecule has 0 spiro atoms. The predicted octanol–water partition coefficient (Wildman–Crippen LogP) is 0.823. The highest BCUT2D eigenvalue weighted by molar-refractivity contribution is 6.52. The lowest BCUT2D eigenvalue weighted by Gasteiger charge is -2.15. The van der Waals surface area contributed by atoms with Crippen LogP contribution in [0.3, 0.4) is 0 Å². The number of aryl methyl sites for hydroxylation is 1. The number of rotatable bonds is 2. The van der Waals surface area contributed by atoms with Gasteiger partial charge in [-0.1, -0.05) is 5.21 Å². The maximum absolute atomic E-state index is 13.8. The van der Waals surface area contributed by atoms with Crippen LogP contribution in [0, 0.1) is 11.6 Å². The van der Waals surface area contributed by atoms with Gasteiger partial charge in [0.15, 0.2) is 0 Å². The molecule has 2 aromatic rings. The maximum Gasteiger partial charge on any atom is 0.300 e. The summed E-state index contributed by atoms with van der Waals surface area (Å²) in [5.41, 5.74) is -0.505. The zero-order chi connectivity index (χ0) is 14.4. The van der Waals surface area contributed by atoms with Gasteiger partial charge in [-0.3, -0.25) is 19.2 Å². The molecule has 0 atom stereocenters. The Balaban J connectivity index is 2.08. The van der Waals surface area contributed by atoms with Crippen molar-refractivity contribution in [2.45, 2.75) is 6.54 Å². The highest BCUT2D eigenvalue weighted by Gasteiger charge is 2.40. The van der Waals surface area contributed by atoms with Gasteiger partial charge in [0.05, 0.1) is 17.8 Å². The molecule has 0 N–H and O–H groups in total. The summed E-state index contributed by atoms with van der Waals surface area (Å²) in [7, 11) is 1.63. The van der Waals surface area contributed by atoms with Crippen LogP contribution in [0.2, 0.25) is 0 Å². The van der Waals surface area contributed by atoms with Crippen molar-refractivity contribution in [1.29, 1.82) is 0 Å². The summed E-state index contributed by atoms with van der Waals surface area (Å²) >= 11 is 0. The second-order valence-electron chi connectivity index (χ2n) is 4.36. The highest BCUT2D eigenvalue weighted by Crippen LogP contribution is 2.34. The molecule has 1 aromatic heterocycles. The second-order valence-corrected chi connectivity index (χ2v) is 4.36. The van der Waals surface area contributed by atoms with Crippen molar-refractivity contribution in [3.05, 3.63) is 41.2 Å². The van der Waals surface area contributed by atoms with Crippen LogP contribution < -0.4 is 4.90 Å². The number of carbonyl (C=O) groups is 2. The third-order valence-corrected chi connectivity index (χ3v) is 2.98. The SMILES string of the molecule is Cn1cc(CN2C(=O)C(=O)c3c(F)ccc(F)c32)nn1. The number of carbonyl (C=O) groups excluding carboxylic acids is 2. The van der Waals surface area contributed by atoms with Gasteiger partial charge in [0.2, 0.25) is 0 Å². The maximum atomic E-state index is 13.8. The quantitative estimate of drug-likeness (QED) is 0.763. The summed E-state index contributed by atoms with van der Waals surface area (Å²) in [5.74, 6) is -3.78. The van der Waals surface area contributed by atoms with Crippen LogP contribution in [0.1, 0.15) is 16.1 Å². The number of fused-ring (bicyclic) bond motifs is 1. The molecule has 20 heavy (non-hydrogen) atoms. The molecule has 0 saturated carbocycles. The first-order valence-corrected chi connectivity index (χ1v) is 5.68. The average Bonchev–Trinajstić information content (AvgIpc) is 2.92. The molecule has 8 heteroatoms. The van der Waals surface area contributed by atoms with Crippen molar-refractivity contribution < 1.29 is 18.4 Å². The first-order chi connectivity index (χ1) is 9.49. The summed E-state index contributed by atoms with van der Waals surface area (Å²) < 4.78 is 28.8. The van der Waals surface area contributed by atoms with E-state index in [0.717, 1.165) is 17.0 Å². The molecule has 0 radical (unpaired) electrons. The third-order valence-electron chi connectivity index (χ3n) is 2.98. The van der Waals surface area contributed by atoms with Crippen molar-refractivity contribution in [2.24, 2.45) is 7.05 Å². The molecule has 0 saturated heterocycles. The Bertz CT molecular complexity index is 741. The van der Waals surface area contributed by atoms with E-state index in [1.807, 2.05) is 0 Å². The highest BCUT2D eigenvalue weighted by atomic mass is 19.1. The molecule has 1 amide bonds. The Kier molecular flexibility index (Phi) is 2.60. The van der Waals surface area contributed by atoms with Crippen molar-refractivity contribution in [1.82, 2.24) is 15.0 Å². The molecule has 0 unspecified atom stereocenters. The fourth-order valence-corrected chi connectivity index (χ4v) is 2.13. The first-order valence-electron chi connectivity index (χ1n) is 5.68. The van der Waals surface area contributed by atoms with Gasteiger partial charge < -0.3 is 0 Å². The lowest BCUT2D eigenvalue weighted by Crippen LogP contribution is -2.29. The minimum absolute atomic E-state index is 0.147. The van der Waals surface area contributed by atoms with Crippen molar-refractivity contribution in [3.8, 4) is 0 Å².